The van der Waals surface area contributed by atoms with Crippen LogP contribution in [0.1, 0.15) is 52.1 Å². The Morgan fingerprint density at radius 1 is 1.17 bits per heavy atom. The third-order valence-corrected chi connectivity index (χ3v) is 4.58. The van der Waals surface area contributed by atoms with Crippen LogP contribution in [-0.4, -0.2) is 44.8 Å². The van der Waals surface area contributed by atoms with Crippen molar-refractivity contribution in [3.63, 3.8) is 0 Å². The van der Waals surface area contributed by atoms with Crippen LogP contribution in [0.5, 0.6) is 0 Å². The van der Waals surface area contributed by atoms with Gasteiger partial charge in [0.25, 0.3) is 5.91 Å². The molecule has 2 heterocycles. The van der Waals surface area contributed by atoms with Gasteiger partial charge in [0.05, 0.1) is 17.8 Å². The second-order valence-corrected chi connectivity index (χ2v) is 6.09. The normalized spacial score (nSPS) is 15.5. The molecule has 126 valence electrons. The van der Waals surface area contributed by atoms with Crippen molar-refractivity contribution in [3.8, 4) is 0 Å². The highest BCUT2D eigenvalue weighted by atomic mass is 16.4. The fourth-order valence-corrected chi connectivity index (χ4v) is 3.05. The predicted octanol–water partition coefficient (Wildman–Crippen LogP) is 2.62. The van der Waals surface area contributed by atoms with Gasteiger partial charge in [-0.3, -0.25) is 9.48 Å². The molecule has 1 amide bonds. The van der Waals surface area contributed by atoms with Crippen molar-refractivity contribution in [1.29, 1.82) is 0 Å². The van der Waals surface area contributed by atoms with Crippen LogP contribution < -0.4 is 0 Å². The van der Waals surface area contributed by atoms with E-state index in [4.69, 9.17) is 5.11 Å². The number of benzene rings is 1. The van der Waals surface area contributed by atoms with Crippen LogP contribution >= 0.6 is 0 Å². The largest absolute Gasteiger partial charge is 0.478 e. The molecule has 0 aliphatic carbocycles. The van der Waals surface area contributed by atoms with Gasteiger partial charge in [-0.05, 0) is 37.0 Å². The molecule has 1 saturated heterocycles. The van der Waals surface area contributed by atoms with Crippen molar-refractivity contribution in [2.75, 3.05) is 13.1 Å². The predicted molar refractivity (Wildman–Crippen MR) is 89.2 cm³/mol. The van der Waals surface area contributed by atoms with Crippen molar-refractivity contribution in [2.24, 2.45) is 0 Å². The number of aryl methyl sites for hydroxylation is 1. The van der Waals surface area contributed by atoms with Gasteiger partial charge in [0.1, 0.15) is 0 Å². The average molecular weight is 327 g/mol. The van der Waals surface area contributed by atoms with Gasteiger partial charge in [0, 0.05) is 24.8 Å². The lowest BCUT2D eigenvalue weighted by atomic mass is 10.0. The second kappa shape index (κ2) is 6.86. The maximum Gasteiger partial charge on any atom is 0.338 e. The Labute approximate surface area is 140 Å². The Kier molecular flexibility index (Phi) is 4.64. The van der Waals surface area contributed by atoms with E-state index in [0.717, 1.165) is 24.8 Å². The first kappa shape index (κ1) is 16.2. The van der Waals surface area contributed by atoms with Gasteiger partial charge in [-0.15, -0.1) is 0 Å². The van der Waals surface area contributed by atoms with Crippen LogP contribution in [0.25, 0.3) is 0 Å². The monoisotopic (exact) mass is 327 g/mol. The zero-order chi connectivity index (χ0) is 17.1. The Hall–Kier alpha value is -2.63. The van der Waals surface area contributed by atoms with E-state index in [2.05, 4.69) is 12.0 Å². The number of amides is 1. The number of carboxylic acid groups (broad SMARTS) is 1. The molecule has 2 aromatic rings. The molecule has 1 N–H and O–H groups in total. The highest BCUT2D eigenvalue weighted by molar-refractivity contribution is 5.94. The van der Waals surface area contributed by atoms with Gasteiger partial charge >= 0.3 is 5.97 Å². The zero-order valence-electron chi connectivity index (χ0n) is 13.7. The molecule has 1 aliphatic rings. The SMILES string of the molecule is CCc1ccc(C(=O)N2CCC(n3cc(C(=O)O)cn3)CC2)cc1. The van der Waals surface area contributed by atoms with Crippen molar-refractivity contribution >= 4 is 11.9 Å². The first-order valence-electron chi connectivity index (χ1n) is 8.24. The number of piperidine rings is 1. The lowest BCUT2D eigenvalue weighted by Gasteiger charge is -2.32. The van der Waals surface area contributed by atoms with Crippen LogP contribution in [0.15, 0.2) is 36.7 Å². The van der Waals surface area contributed by atoms with Crippen LogP contribution in [-0.2, 0) is 6.42 Å². The van der Waals surface area contributed by atoms with Crippen molar-refractivity contribution in [1.82, 2.24) is 14.7 Å². The van der Waals surface area contributed by atoms with Crippen LogP contribution in [0, 0.1) is 0 Å². The van der Waals surface area contributed by atoms with E-state index in [0.29, 0.717) is 13.1 Å². The summed E-state index contributed by atoms with van der Waals surface area (Å²) in [6.07, 6.45) is 5.45. The molecule has 1 fully saturated rings. The smallest absolute Gasteiger partial charge is 0.338 e. The van der Waals surface area contributed by atoms with Crippen molar-refractivity contribution in [3.05, 3.63) is 53.3 Å². The fraction of sp³-hybridized carbons (Fsp3) is 0.389. The number of hydrogen-bond acceptors (Lipinski definition) is 3. The third kappa shape index (κ3) is 3.32. The molecular formula is C18H21N3O3. The van der Waals surface area contributed by atoms with Gasteiger partial charge < -0.3 is 10.0 Å². The molecule has 0 saturated carbocycles. The topological polar surface area (TPSA) is 75.4 Å². The minimum Gasteiger partial charge on any atom is -0.478 e. The number of likely N-dealkylation sites (tertiary alicyclic amines) is 1. The third-order valence-electron chi connectivity index (χ3n) is 4.58. The Balaban J connectivity index is 1.61. The quantitative estimate of drug-likeness (QED) is 0.936. The van der Waals surface area contributed by atoms with Gasteiger partial charge in [0.15, 0.2) is 0 Å². The number of rotatable bonds is 4. The van der Waals surface area contributed by atoms with Crippen LogP contribution in [0.3, 0.4) is 0 Å². The minimum atomic E-state index is -0.968. The molecule has 6 nitrogen and oxygen atoms in total. The summed E-state index contributed by atoms with van der Waals surface area (Å²) in [4.78, 5) is 25.4. The Bertz CT molecular complexity index is 728. The van der Waals surface area contributed by atoms with Crippen LogP contribution in [0.4, 0.5) is 0 Å². The second-order valence-electron chi connectivity index (χ2n) is 6.09. The average Bonchev–Trinajstić information content (AvgIpc) is 3.12. The summed E-state index contributed by atoms with van der Waals surface area (Å²) in [5, 5.41) is 13.1. The van der Waals surface area contributed by atoms with Crippen LogP contribution in [0.2, 0.25) is 0 Å². The maximum atomic E-state index is 12.6. The Morgan fingerprint density at radius 3 is 2.38 bits per heavy atom. The number of carbonyl (C=O) groups excluding carboxylic acids is 1. The number of nitrogens with zero attached hydrogens (tertiary/aromatic N) is 3. The summed E-state index contributed by atoms with van der Waals surface area (Å²) >= 11 is 0. The number of carboxylic acids is 1. The van der Waals surface area contributed by atoms with E-state index in [-0.39, 0.29) is 17.5 Å². The summed E-state index contributed by atoms with van der Waals surface area (Å²) in [5.41, 5.74) is 2.14. The van der Waals surface area contributed by atoms with Gasteiger partial charge in [-0.25, -0.2) is 4.79 Å². The van der Waals surface area contributed by atoms with Crippen molar-refractivity contribution < 1.29 is 14.7 Å². The molecule has 0 unspecified atom stereocenters. The summed E-state index contributed by atoms with van der Waals surface area (Å²) in [6.45, 7) is 3.40. The molecule has 0 spiro atoms. The highest BCUT2D eigenvalue weighted by Crippen LogP contribution is 2.23. The van der Waals surface area contributed by atoms with Gasteiger partial charge in [-0.1, -0.05) is 19.1 Å². The van der Waals surface area contributed by atoms with E-state index >= 15 is 0 Å². The number of carbonyl (C=O) groups is 2. The number of aromatic nitrogens is 2. The van der Waals surface area contributed by atoms with Crippen molar-refractivity contribution in [2.45, 2.75) is 32.2 Å². The lowest BCUT2D eigenvalue weighted by Crippen LogP contribution is -2.39. The lowest BCUT2D eigenvalue weighted by molar-refractivity contribution is 0.0688. The van der Waals surface area contributed by atoms with E-state index in [9.17, 15) is 9.59 Å². The molecule has 0 atom stereocenters. The summed E-state index contributed by atoms with van der Waals surface area (Å²) < 4.78 is 1.71. The molecule has 24 heavy (non-hydrogen) atoms. The summed E-state index contributed by atoms with van der Waals surface area (Å²) in [5.74, 6) is -0.910. The first-order chi connectivity index (χ1) is 11.6. The molecule has 3 rings (SSSR count). The van der Waals surface area contributed by atoms with E-state index in [1.807, 2.05) is 29.2 Å². The van der Waals surface area contributed by atoms with E-state index < -0.39 is 5.97 Å². The molecule has 1 aromatic heterocycles. The fourth-order valence-electron chi connectivity index (χ4n) is 3.05. The van der Waals surface area contributed by atoms with E-state index in [1.165, 1.54) is 11.8 Å². The summed E-state index contributed by atoms with van der Waals surface area (Å²) in [7, 11) is 0. The molecular weight excluding hydrogens is 306 g/mol. The standard InChI is InChI=1S/C18H21N3O3/c1-2-13-3-5-14(6-4-13)17(22)20-9-7-16(8-10-20)21-12-15(11-19-21)18(23)24/h3-6,11-12,16H,2,7-10H2,1H3,(H,23,24). The number of hydrogen-bond donors (Lipinski definition) is 1. The number of aromatic carboxylic acids is 1. The molecule has 1 aliphatic heterocycles. The van der Waals surface area contributed by atoms with Gasteiger partial charge in [0.2, 0.25) is 0 Å². The minimum absolute atomic E-state index is 0.0581. The summed E-state index contributed by atoms with van der Waals surface area (Å²) in [6, 6.07) is 7.92. The van der Waals surface area contributed by atoms with Gasteiger partial charge in [-0.2, -0.15) is 5.10 Å². The molecule has 1 aromatic carbocycles. The van der Waals surface area contributed by atoms with E-state index in [1.54, 1.807) is 10.9 Å². The molecule has 0 bridgehead atoms. The first-order valence-corrected chi connectivity index (χ1v) is 8.24. The molecule has 0 radical (unpaired) electrons. The Morgan fingerprint density at radius 2 is 1.83 bits per heavy atom. The zero-order valence-corrected chi connectivity index (χ0v) is 13.7. The maximum absolute atomic E-state index is 12.6. The molecule has 6 heteroatoms. The highest BCUT2D eigenvalue weighted by Gasteiger charge is 2.25.